The summed E-state index contributed by atoms with van der Waals surface area (Å²) in [5.74, 6) is -0.152. The van der Waals surface area contributed by atoms with Crippen molar-refractivity contribution in [3.8, 4) is 0 Å². The number of nitrogens with zero attached hydrogens (tertiary/aromatic N) is 1. The molecule has 6 nitrogen and oxygen atoms in total. The minimum Gasteiger partial charge on any atom is -0.480 e. The number of aliphatic carboxylic acids is 1. The largest absolute Gasteiger partial charge is 0.480 e. The SMILES string of the molecule is Cc1nc2ccc(C(=O)N[C@H](CC3CCCCC3)C(=O)O)cc2[nH]1. The van der Waals surface area contributed by atoms with E-state index in [1.165, 1.54) is 6.42 Å². The van der Waals surface area contributed by atoms with Crippen LogP contribution in [0.5, 0.6) is 0 Å². The summed E-state index contributed by atoms with van der Waals surface area (Å²) in [6.07, 6.45) is 6.15. The van der Waals surface area contributed by atoms with Gasteiger partial charge in [0.25, 0.3) is 5.91 Å². The van der Waals surface area contributed by atoms with Gasteiger partial charge in [0.15, 0.2) is 0 Å². The number of H-pyrrole nitrogens is 1. The number of fused-ring (bicyclic) bond motifs is 1. The number of hydrogen-bond donors (Lipinski definition) is 3. The Morgan fingerprint density at radius 2 is 2.08 bits per heavy atom. The fourth-order valence-electron chi connectivity index (χ4n) is 3.50. The predicted octanol–water partition coefficient (Wildman–Crippen LogP) is 3.02. The minimum atomic E-state index is -0.965. The summed E-state index contributed by atoms with van der Waals surface area (Å²) in [7, 11) is 0. The highest BCUT2D eigenvalue weighted by molar-refractivity contribution is 5.99. The number of carbonyl (C=O) groups is 2. The smallest absolute Gasteiger partial charge is 0.326 e. The van der Waals surface area contributed by atoms with Crippen LogP contribution in [0.15, 0.2) is 18.2 Å². The van der Waals surface area contributed by atoms with E-state index < -0.39 is 12.0 Å². The molecule has 0 aliphatic heterocycles. The number of aryl methyl sites for hydroxylation is 1. The van der Waals surface area contributed by atoms with Gasteiger partial charge in [-0.05, 0) is 37.5 Å². The van der Waals surface area contributed by atoms with E-state index in [0.29, 0.717) is 17.9 Å². The monoisotopic (exact) mass is 329 g/mol. The topological polar surface area (TPSA) is 95.1 Å². The lowest BCUT2D eigenvalue weighted by Crippen LogP contribution is -2.42. The zero-order valence-corrected chi connectivity index (χ0v) is 13.8. The van der Waals surface area contributed by atoms with Crippen molar-refractivity contribution in [2.45, 2.75) is 51.5 Å². The Balaban J connectivity index is 1.70. The third-order valence-corrected chi connectivity index (χ3v) is 4.76. The van der Waals surface area contributed by atoms with Crippen molar-refractivity contribution in [2.24, 2.45) is 5.92 Å². The minimum absolute atomic E-state index is 0.354. The molecule has 6 heteroatoms. The number of imidazole rings is 1. The Hall–Kier alpha value is -2.37. The van der Waals surface area contributed by atoms with Crippen molar-refractivity contribution in [3.63, 3.8) is 0 Å². The molecule has 1 aliphatic carbocycles. The van der Waals surface area contributed by atoms with Gasteiger partial charge >= 0.3 is 5.97 Å². The standard InChI is InChI=1S/C18H23N3O3/c1-11-19-14-8-7-13(10-15(14)20-11)17(22)21-16(18(23)24)9-12-5-3-2-4-6-12/h7-8,10,12,16H,2-6,9H2,1H3,(H,19,20)(H,21,22)(H,23,24)/t16-/m1/s1. The molecule has 1 heterocycles. The van der Waals surface area contributed by atoms with E-state index in [2.05, 4.69) is 15.3 Å². The number of aromatic amines is 1. The van der Waals surface area contributed by atoms with E-state index in [1.54, 1.807) is 18.2 Å². The van der Waals surface area contributed by atoms with Crippen molar-refractivity contribution in [2.75, 3.05) is 0 Å². The number of benzene rings is 1. The number of carbonyl (C=O) groups excluding carboxylic acids is 1. The van der Waals surface area contributed by atoms with Gasteiger partial charge in [-0.2, -0.15) is 0 Å². The summed E-state index contributed by atoms with van der Waals surface area (Å²) < 4.78 is 0. The molecular weight excluding hydrogens is 306 g/mol. The Labute approximate surface area is 140 Å². The van der Waals surface area contributed by atoms with Crippen LogP contribution in [0.2, 0.25) is 0 Å². The fraction of sp³-hybridized carbons (Fsp3) is 0.500. The molecule has 1 saturated carbocycles. The molecule has 0 bridgehead atoms. The average molecular weight is 329 g/mol. The molecular formula is C18H23N3O3. The van der Waals surface area contributed by atoms with Crippen molar-refractivity contribution in [3.05, 3.63) is 29.6 Å². The van der Waals surface area contributed by atoms with Crippen LogP contribution in [-0.4, -0.2) is 33.0 Å². The van der Waals surface area contributed by atoms with E-state index in [1.807, 2.05) is 6.92 Å². The number of carboxylic acids is 1. The first-order chi connectivity index (χ1) is 11.5. The predicted molar refractivity (Wildman–Crippen MR) is 90.9 cm³/mol. The highest BCUT2D eigenvalue weighted by Crippen LogP contribution is 2.27. The van der Waals surface area contributed by atoms with Gasteiger partial charge in [0.05, 0.1) is 11.0 Å². The van der Waals surface area contributed by atoms with Crippen molar-refractivity contribution >= 4 is 22.9 Å². The van der Waals surface area contributed by atoms with Gasteiger partial charge in [0.1, 0.15) is 11.9 Å². The second-order valence-electron chi connectivity index (χ2n) is 6.66. The summed E-state index contributed by atoms with van der Waals surface area (Å²) in [6.45, 7) is 1.85. The first-order valence-corrected chi connectivity index (χ1v) is 8.53. The zero-order chi connectivity index (χ0) is 17.1. The number of hydrogen-bond acceptors (Lipinski definition) is 3. The summed E-state index contributed by atoms with van der Waals surface area (Å²) in [6, 6.07) is 4.33. The van der Waals surface area contributed by atoms with Crippen molar-refractivity contribution in [1.82, 2.24) is 15.3 Å². The van der Waals surface area contributed by atoms with E-state index in [9.17, 15) is 14.7 Å². The van der Waals surface area contributed by atoms with E-state index in [-0.39, 0.29) is 5.91 Å². The third-order valence-electron chi connectivity index (χ3n) is 4.76. The molecule has 1 atom stereocenters. The Morgan fingerprint density at radius 1 is 1.33 bits per heavy atom. The maximum atomic E-state index is 12.4. The molecule has 0 radical (unpaired) electrons. The Bertz CT molecular complexity index is 747. The van der Waals surface area contributed by atoms with Crippen LogP contribution in [0.3, 0.4) is 0 Å². The lowest BCUT2D eigenvalue weighted by molar-refractivity contribution is -0.139. The quantitative estimate of drug-likeness (QED) is 0.786. The summed E-state index contributed by atoms with van der Waals surface area (Å²) in [5.41, 5.74) is 2.02. The van der Waals surface area contributed by atoms with Crippen molar-refractivity contribution < 1.29 is 14.7 Å². The number of nitrogens with one attached hydrogen (secondary N) is 2. The summed E-state index contributed by atoms with van der Waals surface area (Å²) in [4.78, 5) is 31.4. The first kappa shape index (κ1) is 16.5. The van der Waals surface area contributed by atoms with Crippen LogP contribution in [0.4, 0.5) is 0 Å². The van der Waals surface area contributed by atoms with Gasteiger partial charge in [-0.3, -0.25) is 4.79 Å². The van der Waals surface area contributed by atoms with Crippen LogP contribution >= 0.6 is 0 Å². The van der Waals surface area contributed by atoms with E-state index in [0.717, 1.165) is 42.5 Å². The average Bonchev–Trinajstić information content (AvgIpc) is 2.94. The van der Waals surface area contributed by atoms with Gasteiger partial charge in [-0.25, -0.2) is 9.78 Å². The zero-order valence-electron chi connectivity index (χ0n) is 13.8. The molecule has 0 unspecified atom stereocenters. The number of carboxylic acid groups (broad SMARTS) is 1. The van der Waals surface area contributed by atoms with Gasteiger partial charge in [0, 0.05) is 5.56 Å². The van der Waals surface area contributed by atoms with E-state index in [4.69, 9.17) is 0 Å². The molecule has 0 saturated heterocycles. The normalized spacial score (nSPS) is 16.9. The van der Waals surface area contributed by atoms with Gasteiger partial charge in [0.2, 0.25) is 0 Å². The molecule has 3 rings (SSSR count). The van der Waals surface area contributed by atoms with Crippen LogP contribution in [-0.2, 0) is 4.79 Å². The molecule has 0 spiro atoms. The first-order valence-electron chi connectivity index (χ1n) is 8.53. The highest BCUT2D eigenvalue weighted by Gasteiger charge is 2.26. The molecule has 1 aromatic heterocycles. The molecule has 2 aromatic rings. The Kier molecular flexibility index (Phi) is 4.83. The lowest BCUT2D eigenvalue weighted by atomic mass is 9.85. The third kappa shape index (κ3) is 3.75. The number of aromatic nitrogens is 2. The fourth-order valence-corrected chi connectivity index (χ4v) is 3.50. The Morgan fingerprint density at radius 3 is 2.79 bits per heavy atom. The summed E-state index contributed by atoms with van der Waals surface area (Å²) in [5, 5.41) is 12.1. The molecule has 1 fully saturated rings. The maximum Gasteiger partial charge on any atom is 0.326 e. The second kappa shape index (κ2) is 7.03. The number of rotatable bonds is 5. The van der Waals surface area contributed by atoms with E-state index >= 15 is 0 Å². The van der Waals surface area contributed by atoms with Crippen LogP contribution in [0.25, 0.3) is 11.0 Å². The lowest BCUT2D eigenvalue weighted by Gasteiger charge is -2.25. The van der Waals surface area contributed by atoms with Crippen LogP contribution in [0.1, 0.15) is 54.7 Å². The van der Waals surface area contributed by atoms with Crippen LogP contribution < -0.4 is 5.32 Å². The maximum absolute atomic E-state index is 12.4. The van der Waals surface area contributed by atoms with Crippen molar-refractivity contribution in [1.29, 1.82) is 0 Å². The summed E-state index contributed by atoms with van der Waals surface area (Å²) >= 11 is 0. The molecule has 1 amide bonds. The molecule has 128 valence electrons. The molecule has 1 aromatic carbocycles. The van der Waals surface area contributed by atoms with Crippen LogP contribution in [0, 0.1) is 12.8 Å². The number of amides is 1. The highest BCUT2D eigenvalue weighted by atomic mass is 16.4. The van der Waals surface area contributed by atoms with Gasteiger partial charge in [-0.15, -0.1) is 0 Å². The molecule has 24 heavy (non-hydrogen) atoms. The second-order valence-corrected chi connectivity index (χ2v) is 6.66. The van der Waals surface area contributed by atoms with Gasteiger partial charge in [-0.1, -0.05) is 32.1 Å². The molecule has 3 N–H and O–H groups in total. The van der Waals surface area contributed by atoms with Gasteiger partial charge < -0.3 is 15.4 Å². The molecule has 1 aliphatic rings.